The zero-order valence-corrected chi connectivity index (χ0v) is 14.0. The summed E-state index contributed by atoms with van der Waals surface area (Å²) in [4.78, 5) is 12.9. The maximum absolute atomic E-state index is 11.7. The molecule has 0 aromatic heterocycles. The minimum atomic E-state index is -0.190. The lowest BCUT2D eigenvalue weighted by molar-refractivity contribution is -0.122. The number of benzene rings is 2. The first kappa shape index (κ1) is 17.0. The molecule has 3 nitrogen and oxygen atoms in total. The van der Waals surface area contributed by atoms with Gasteiger partial charge in [0, 0.05) is 28.3 Å². The van der Waals surface area contributed by atoms with E-state index in [9.17, 15) is 4.79 Å². The van der Waals surface area contributed by atoms with Crippen molar-refractivity contribution in [2.24, 2.45) is 0 Å². The summed E-state index contributed by atoms with van der Waals surface area (Å²) in [6.45, 7) is 0.487. The molecule has 0 fully saturated rings. The summed E-state index contributed by atoms with van der Waals surface area (Å²) in [6, 6.07) is 14.9. The van der Waals surface area contributed by atoms with Gasteiger partial charge >= 0.3 is 0 Å². The van der Waals surface area contributed by atoms with Crippen LogP contribution in [0.1, 0.15) is 0 Å². The summed E-state index contributed by atoms with van der Waals surface area (Å²) in [6.07, 6.45) is 0. The standard InChI is InChI=1S/C16H15Cl2NO2S/c17-12-6-7-14(18)15(10-12)21-11-16(20)19-8-9-22-13-4-2-1-3-5-13/h1-7,10H,8-9,11H2,(H,19,20). The molecule has 0 saturated carbocycles. The minimum absolute atomic E-state index is 0.0872. The van der Waals surface area contributed by atoms with Crippen molar-refractivity contribution in [3.63, 3.8) is 0 Å². The van der Waals surface area contributed by atoms with E-state index in [1.165, 1.54) is 4.90 Å². The highest BCUT2D eigenvalue weighted by atomic mass is 35.5. The third kappa shape index (κ3) is 5.79. The highest BCUT2D eigenvalue weighted by Crippen LogP contribution is 2.27. The largest absolute Gasteiger partial charge is 0.482 e. The first-order valence-electron chi connectivity index (χ1n) is 6.67. The fourth-order valence-corrected chi connectivity index (χ4v) is 2.78. The number of thioether (sulfide) groups is 1. The Morgan fingerprint density at radius 3 is 2.68 bits per heavy atom. The summed E-state index contributed by atoms with van der Waals surface area (Å²) in [5.41, 5.74) is 0. The van der Waals surface area contributed by atoms with E-state index in [-0.39, 0.29) is 12.5 Å². The van der Waals surface area contributed by atoms with Crippen molar-refractivity contribution in [1.29, 1.82) is 0 Å². The van der Waals surface area contributed by atoms with Crippen molar-refractivity contribution in [2.75, 3.05) is 18.9 Å². The molecule has 22 heavy (non-hydrogen) atoms. The Balaban J connectivity index is 1.67. The van der Waals surface area contributed by atoms with Crippen LogP contribution in [0.25, 0.3) is 0 Å². The van der Waals surface area contributed by atoms with Crippen LogP contribution in [0.15, 0.2) is 53.4 Å². The number of ether oxygens (including phenoxy) is 1. The summed E-state index contributed by atoms with van der Waals surface area (Å²) >= 11 is 13.5. The molecule has 2 aromatic carbocycles. The smallest absolute Gasteiger partial charge is 0.257 e. The van der Waals surface area contributed by atoms with Crippen LogP contribution in [-0.4, -0.2) is 24.8 Å². The number of rotatable bonds is 7. The van der Waals surface area contributed by atoms with Gasteiger partial charge in [-0.1, -0.05) is 41.4 Å². The second-order valence-corrected chi connectivity index (χ2v) is 6.39. The first-order chi connectivity index (χ1) is 10.6. The third-order valence-corrected chi connectivity index (χ3v) is 4.25. The Hall–Kier alpha value is -1.36. The lowest BCUT2D eigenvalue weighted by Crippen LogP contribution is -2.30. The van der Waals surface area contributed by atoms with Gasteiger partial charge in [-0.3, -0.25) is 4.79 Å². The zero-order chi connectivity index (χ0) is 15.8. The predicted octanol–water partition coefficient (Wildman–Crippen LogP) is 4.28. The van der Waals surface area contributed by atoms with E-state index in [0.717, 1.165) is 5.75 Å². The van der Waals surface area contributed by atoms with E-state index in [2.05, 4.69) is 5.32 Å². The van der Waals surface area contributed by atoms with Gasteiger partial charge in [-0.05, 0) is 24.3 Å². The first-order valence-corrected chi connectivity index (χ1v) is 8.42. The molecule has 0 spiro atoms. The van der Waals surface area contributed by atoms with Gasteiger partial charge in [0.2, 0.25) is 0 Å². The molecule has 0 aliphatic heterocycles. The number of carbonyl (C=O) groups is 1. The molecule has 6 heteroatoms. The summed E-state index contributed by atoms with van der Waals surface area (Å²) in [5.74, 6) is 1.01. The Morgan fingerprint density at radius 2 is 1.91 bits per heavy atom. The van der Waals surface area contributed by atoms with Crippen molar-refractivity contribution in [3.05, 3.63) is 58.6 Å². The molecule has 0 aliphatic carbocycles. The molecule has 0 aliphatic rings. The van der Waals surface area contributed by atoms with Gasteiger partial charge in [0.15, 0.2) is 6.61 Å². The van der Waals surface area contributed by atoms with Gasteiger partial charge in [-0.2, -0.15) is 0 Å². The van der Waals surface area contributed by atoms with Crippen LogP contribution >= 0.6 is 35.0 Å². The average Bonchev–Trinajstić information content (AvgIpc) is 2.53. The quantitative estimate of drug-likeness (QED) is 0.594. The fraction of sp³-hybridized carbons (Fsp3) is 0.188. The summed E-state index contributed by atoms with van der Waals surface area (Å²) in [5, 5.41) is 3.74. The number of carbonyl (C=O) groups excluding carboxylic acids is 1. The fourth-order valence-electron chi connectivity index (χ4n) is 1.66. The van der Waals surface area contributed by atoms with Crippen molar-refractivity contribution in [3.8, 4) is 5.75 Å². The van der Waals surface area contributed by atoms with Crippen LogP contribution in [0.2, 0.25) is 10.0 Å². The monoisotopic (exact) mass is 355 g/mol. The number of nitrogens with one attached hydrogen (secondary N) is 1. The average molecular weight is 356 g/mol. The van der Waals surface area contributed by atoms with Gasteiger partial charge in [0.25, 0.3) is 5.91 Å². The molecule has 0 heterocycles. The Labute approximate surface area is 144 Å². The van der Waals surface area contributed by atoms with Crippen LogP contribution in [0.4, 0.5) is 0 Å². The molecule has 0 atom stereocenters. The van der Waals surface area contributed by atoms with Crippen LogP contribution in [0.3, 0.4) is 0 Å². The van der Waals surface area contributed by atoms with Crippen LogP contribution < -0.4 is 10.1 Å². The maximum atomic E-state index is 11.7. The Morgan fingerprint density at radius 1 is 1.14 bits per heavy atom. The molecule has 116 valence electrons. The van der Waals surface area contributed by atoms with Crippen LogP contribution in [0.5, 0.6) is 5.75 Å². The van der Waals surface area contributed by atoms with Crippen LogP contribution in [-0.2, 0) is 4.79 Å². The Bertz CT molecular complexity index is 623. The topological polar surface area (TPSA) is 38.3 Å². The van der Waals surface area contributed by atoms with E-state index in [4.69, 9.17) is 27.9 Å². The molecule has 0 bridgehead atoms. The molecular weight excluding hydrogens is 341 g/mol. The number of halogens is 2. The molecular formula is C16H15Cl2NO2S. The van der Waals surface area contributed by atoms with Crippen molar-refractivity contribution in [1.82, 2.24) is 5.32 Å². The normalized spacial score (nSPS) is 10.3. The van der Waals surface area contributed by atoms with E-state index in [0.29, 0.717) is 22.3 Å². The van der Waals surface area contributed by atoms with Gasteiger partial charge < -0.3 is 10.1 Å². The van der Waals surface area contributed by atoms with Gasteiger partial charge in [0.1, 0.15) is 5.75 Å². The van der Waals surface area contributed by atoms with Gasteiger partial charge in [-0.25, -0.2) is 0 Å². The lowest BCUT2D eigenvalue weighted by Gasteiger charge is -2.09. The molecule has 0 radical (unpaired) electrons. The summed E-state index contributed by atoms with van der Waals surface area (Å²) in [7, 11) is 0. The number of hydrogen-bond donors (Lipinski definition) is 1. The lowest BCUT2D eigenvalue weighted by atomic mass is 10.3. The second-order valence-electron chi connectivity index (χ2n) is 4.37. The van der Waals surface area contributed by atoms with E-state index < -0.39 is 0 Å². The Kier molecular flexibility index (Phi) is 6.90. The number of hydrogen-bond acceptors (Lipinski definition) is 3. The highest BCUT2D eigenvalue weighted by molar-refractivity contribution is 7.99. The van der Waals surface area contributed by atoms with Crippen molar-refractivity contribution >= 4 is 40.9 Å². The minimum Gasteiger partial charge on any atom is -0.482 e. The van der Waals surface area contributed by atoms with E-state index in [1.54, 1.807) is 30.0 Å². The number of amides is 1. The molecule has 2 rings (SSSR count). The van der Waals surface area contributed by atoms with Crippen molar-refractivity contribution < 1.29 is 9.53 Å². The SMILES string of the molecule is O=C(COc1cc(Cl)ccc1Cl)NCCSc1ccccc1. The van der Waals surface area contributed by atoms with E-state index >= 15 is 0 Å². The highest BCUT2D eigenvalue weighted by Gasteiger charge is 2.06. The molecule has 0 saturated heterocycles. The summed E-state index contributed by atoms with van der Waals surface area (Å²) < 4.78 is 5.36. The van der Waals surface area contributed by atoms with E-state index in [1.807, 2.05) is 30.3 Å². The molecule has 1 N–H and O–H groups in total. The van der Waals surface area contributed by atoms with Gasteiger partial charge in [0.05, 0.1) is 5.02 Å². The molecule has 1 amide bonds. The molecule has 0 unspecified atom stereocenters. The molecule has 2 aromatic rings. The van der Waals surface area contributed by atoms with Crippen LogP contribution in [0, 0.1) is 0 Å². The second kappa shape index (κ2) is 8.93. The predicted molar refractivity (Wildman–Crippen MR) is 92.1 cm³/mol. The maximum Gasteiger partial charge on any atom is 0.257 e. The van der Waals surface area contributed by atoms with Crippen molar-refractivity contribution in [2.45, 2.75) is 4.90 Å². The van der Waals surface area contributed by atoms with Gasteiger partial charge in [-0.15, -0.1) is 11.8 Å². The third-order valence-electron chi connectivity index (χ3n) is 2.69. The zero-order valence-electron chi connectivity index (χ0n) is 11.7.